The second-order valence-electron chi connectivity index (χ2n) is 7.91. The van der Waals surface area contributed by atoms with Gasteiger partial charge in [0.05, 0.1) is 18.8 Å². The van der Waals surface area contributed by atoms with Crippen LogP contribution in [0.4, 0.5) is 0 Å². The third kappa shape index (κ3) is 4.05. The molecule has 0 saturated carbocycles. The average Bonchev–Trinajstić information content (AvgIpc) is 3.29. The number of carbonyl (C=O) groups excluding carboxylic acids is 2. The lowest BCUT2D eigenvalue weighted by Gasteiger charge is -2.36. The molecule has 2 N–H and O–H groups in total. The number of Topliss-reactive ketones (excluding diaryl/α,β-unsaturated/α-hetero) is 1. The summed E-state index contributed by atoms with van der Waals surface area (Å²) in [5.74, 6) is -0.557. The number of nitrogens with one attached hydrogen (secondary N) is 1. The molecule has 2 aliphatic rings. The SMILES string of the molecule is CCOC(=O)C1=C(C)NC2=C(C(=O)C[C@@H](c3cccs3)C2)[C@H]1c1ccc(O)c(OCC)c1. The van der Waals surface area contributed by atoms with E-state index in [4.69, 9.17) is 9.47 Å². The van der Waals surface area contributed by atoms with Crippen molar-refractivity contribution in [3.63, 3.8) is 0 Å². The molecule has 0 radical (unpaired) electrons. The molecule has 2 atom stereocenters. The highest BCUT2D eigenvalue weighted by Gasteiger charge is 2.41. The molecule has 0 saturated heterocycles. The molecule has 2 heterocycles. The van der Waals surface area contributed by atoms with Gasteiger partial charge in [0.25, 0.3) is 0 Å². The highest BCUT2D eigenvalue weighted by molar-refractivity contribution is 7.10. The molecule has 4 rings (SSSR count). The van der Waals surface area contributed by atoms with E-state index < -0.39 is 11.9 Å². The molecule has 0 unspecified atom stereocenters. The number of thiophene rings is 1. The van der Waals surface area contributed by atoms with E-state index in [1.165, 1.54) is 4.88 Å². The molecule has 2 aromatic rings. The first-order valence-corrected chi connectivity index (χ1v) is 11.7. The van der Waals surface area contributed by atoms with Crippen LogP contribution in [-0.2, 0) is 14.3 Å². The van der Waals surface area contributed by atoms with E-state index in [0.29, 0.717) is 47.6 Å². The first kappa shape index (κ1) is 22.1. The number of hydrogen-bond donors (Lipinski definition) is 2. The van der Waals surface area contributed by atoms with Crippen LogP contribution < -0.4 is 10.1 Å². The fraction of sp³-hybridized carbons (Fsp3) is 0.360. The summed E-state index contributed by atoms with van der Waals surface area (Å²) in [6, 6.07) is 9.06. The van der Waals surface area contributed by atoms with Gasteiger partial charge >= 0.3 is 5.97 Å². The molecule has 1 aliphatic carbocycles. The number of hydrogen-bond acceptors (Lipinski definition) is 7. The normalized spacial score (nSPS) is 20.7. The van der Waals surface area contributed by atoms with Crippen LogP contribution in [-0.4, -0.2) is 30.1 Å². The number of aromatic hydroxyl groups is 1. The van der Waals surface area contributed by atoms with Gasteiger partial charge in [-0.1, -0.05) is 12.1 Å². The van der Waals surface area contributed by atoms with E-state index in [-0.39, 0.29) is 24.1 Å². The quantitative estimate of drug-likeness (QED) is 0.613. The van der Waals surface area contributed by atoms with Gasteiger partial charge in [-0.25, -0.2) is 4.79 Å². The van der Waals surface area contributed by atoms with Crippen molar-refractivity contribution in [2.75, 3.05) is 13.2 Å². The molecular formula is C25H27NO5S. The molecule has 168 valence electrons. The topological polar surface area (TPSA) is 84.9 Å². The summed E-state index contributed by atoms with van der Waals surface area (Å²) < 4.78 is 10.9. The average molecular weight is 454 g/mol. The number of phenolic OH excluding ortho intramolecular Hbond substituents is 1. The molecule has 7 heteroatoms. The number of allylic oxidation sites excluding steroid dienone is 3. The minimum atomic E-state index is -0.582. The highest BCUT2D eigenvalue weighted by atomic mass is 32.1. The summed E-state index contributed by atoms with van der Waals surface area (Å²) in [5.41, 5.74) is 3.26. The molecular weight excluding hydrogens is 426 g/mol. The number of rotatable bonds is 6. The lowest BCUT2D eigenvalue weighted by atomic mass is 9.72. The summed E-state index contributed by atoms with van der Waals surface area (Å²) in [5, 5.41) is 15.5. The Labute approximate surface area is 191 Å². The summed E-state index contributed by atoms with van der Waals surface area (Å²) in [6.07, 6.45) is 1.09. The maximum absolute atomic E-state index is 13.5. The molecule has 32 heavy (non-hydrogen) atoms. The maximum atomic E-state index is 13.5. The molecule has 1 aromatic heterocycles. The van der Waals surface area contributed by atoms with Crippen LogP contribution in [0.2, 0.25) is 0 Å². The number of ether oxygens (including phenoxy) is 2. The van der Waals surface area contributed by atoms with Crippen molar-refractivity contribution in [3.05, 3.63) is 68.7 Å². The first-order valence-electron chi connectivity index (χ1n) is 10.8. The Morgan fingerprint density at radius 1 is 1.22 bits per heavy atom. The van der Waals surface area contributed by atoms with Crippen LogP contribution in [0.5, 0.6) is 11.5 Å². The molecule has 0 fully saturated rings. The molecule has 0 amide bonds. The summed E-state index contributed by atoms with van der Waals surface area (Å²) in [4.78, 5) is 27.6. The van der Waals surface area contributed by atoms with Gasteiger partial charge in [0.1, 0.15) is 0 Å². The third-order valence-corrected chi connectivity index (χ3v) is 6.92. The van der Waals surface area contributed by atoms with Crippen molar-refractivity contribution in [1.29, 1.82) is 0 Å². The van der Waals surface area contributed by atoms with Crippen LogP contribution >= 0.6 is 11.3 Å². The Balaban J connectivity index is 1.83. The standard InChI is InChI=1S/C25H27NO5S/c1-4-30-20-13-15(8-9-18(20)27)23-22(25(29)31-5-2)14(3)26-17-11-16(12-19(28)24(17)23)21-7-6-10-32-21/h6-10,13,16,23,26-27H,4-5,11-12H2,1-3H3/t16-,23-/m0/s1. The van der Waals surface area contributed by atoms with Gasteiger partial charge in [-0.3, -0.25) is 4.79 Å². The van der Waals surface area contributed by atoms with E-state index >= 15 is 0 Å². The number of carbonyl (C=O) groups is 2. The predicted octanol–water partition coefficient (Wildman–Crippen LogP) is 4.78. The summed E-state index contributed by atoms with van der Waals surface area (Å²) >= 11 is 1.66. The molecule has 1 aromatic carbocycles. The zero-order valence-electron chi connectivity index (χ0n) is 18.4. The zero-order valence-corrected chi connectivity index (χ0v) is 19.3. The largest absolute Gasteiger partial charge is 0.504 e. The van der Waals surface area contributed by atoms with Gasteiger partial charge in [-0.15, -0.1) is 11.3 Å². The number of benzene rings is 1. The lowest BCUT2D eigenvalue weighted by molar-refractivity contribution is -0.138. The Bertz CT molecular complexity index is 1100. The van der Waals surface area contributed by atoms with Crippen LogP contribution in [0.1, 0.15) is 55.9 Å². The van der Waals surface area contributed by atoms with Crippen molar-refractivity contribution < 1.29 is 24.2 Å². The highest BCUT2D eigenvalue weighted by Crippen LogP contribution is 2.47. The number of phenols is 1. The van der Waals surface area contributed by atoms with E-state index in [2.05, 4.69) is 11.4 Å². The second kappa shape index (κ2) is 9.20. The number of ketones is 1. The minimum Gasteiger partial charge on any atom is -0.504 e. The Morgan fingerprint density at radius 2 is 2.03 bits per heavy atom. The minimum absolute atomic E-state index is 0.0162. The Hall–Kier alpha value is -3.06. The smallest absolute Gasteiger partial charge is 0.336 e. The van der Waals surface area contributed by atoms with E-state index in [1.54, 1.807) is 36.5 Å². The Kier molecular flexibility index (Phi) is 6.37. The van der Waals surface area contributed by atoms with Gasteiger partial charge in [-0.2, -0.15) is 0 Å². The number of dihydropyridines is 1. The van der Waals surface area contributed by atoms with Gasteiger partial charge in [0.15, 0.2) is 17.3 Å². The fourth-order valence-corrected chi connectivity index (χ4v) is 5.39. The molecule has 6 nitrogen and oxygen atoms in total. The van der Waals surface area contributed by atoms with E-state index in [0.717, 1.165) is 5.70 Å². The summed E-state index contributed by atoms with van der Waals surface area (Å²) in [7, 11) is 0. The molecule has 1 aliphatic heterocycles. The third-order valence-electron chi connectivity index (χ3n) is 5.89. The van der Waals surface area contributed by atoms with Crippen LogP contribution in [0.15, 0.2) is 58.3 Å². The second-order valence-corrected chi connectivity index (χ2v) is 8.89. The first-order chi connectivity index (χ1) is 15.4. The molecule has 0 spiro atoms. The van der Waals surface area contributed by atoms with E-state index in [9.17, 15) is 14.7 Å². The summed E-state index contributed by atoms with van der Waals surface area (Å²) in [6.45, 7) is 6.06. The van der Waals surface area contributed by atoms with Crippen molar-refractivity contribution in [2.24, 2.45) is 0 Å². The van der Waals surface area contributed by atoms with Crippen molar-refractivity contribution in [2.45, 2.75) is 45.4 Å². The van der Waals surface area contributed by atoms with Gasteiger partial charge in [0.2, 0.25) is 0 Å². The predicted molar refractivity (Wildman–Crippen MR) is 123 cm³/mol. The van der Waals surface area contributed by atoms with Crippen molar-refractivity contribution in [1.82, 2.24) is 5.32 Å². The van der Waals surface area contributed by atoms with Gasteiger partial charge in [-0.05, 0) is 56.3 Å². The van der Waals surface area contributed by atoms with Gasteiger partial charge in [0, 0.05) is 40.1 Å². The maximum Gasteiger partial charge on any atom is 0.336 e. The van der Waals surface area contributed by atoms with Crippen molar-refractivity contribution >= 4 is 23.1 Å². The zero-order chi connectivity index (χ0) is 22.8. The van der Waals surface area contributed by atoms with E-state index in [1.807, 2.05) is 25.3 Å². The van der Waals surface area contributed by atoms with Crippen LogP contribution in [0.3, 0.4) is 0 Å². The lowest BCUT2D eigenvalue weighted by Crippen LogP contribution is -2.36. The monoisotopic (exact) mass is 453 g/mol. The van der Waals surface area contributed by atoms with Crippen LogP contribution in [0.25, 0.3) is 0 Å². The Morgan fingerprint density at radius 3 is 2.72 bits per heavy atom. The fourth-order valence-electron chi connectivity index (χ4n) is 4.56. The van der Waals surface area contributed by atoms with Crippen molar-refractivity contribution in [3.8, 4) is 11.5 Å². The van der Waals surface area contributed by atoms with Crippen LogP contribution in [0, 0.1) is 0 Å². The van der Waals surface area contributed by atoms with Gasteiger partial charge < -0.3 is 19.9 Å². The molecule has 0 bridgehead atoms. The number of esters is 1.